The van der Waals surface area contributed by atoms with Gasteiger partial charge in [-0.25, -0.2) is 9.78 Å². The normalized spacial score (nSPS) is 20.8. The monoisotopic (exact) mass is 328 g/mol. The van der Waals surface area contributed by atoms with E-state index in [9.17, 15) is 9.90 Å². The number of β-amino-alcohol motifs (C(OH)–C–C–N with tert-alkyl or cyclic N) is 1. The summed E-state index contributed by atoms with van der Waals surface area (Å²) >= 11 is 0. The molecule has 128 valence electrons. The van der Waals surface area contributed by atoms with Crippen LogP contribution >= 0.6 is 0 Å². The number of urea groups is 1. The van der Waals surface area contributed by atoms with E-state index in [1.165, 1.54) is 5.56 Å². The Hall–Kier alpha value is -2.34. The summed E-state index contributed by atoms with van der Waals surface area (Å²) in [7, 11) is 0. The van der Waals surface area contributed by atoms with Gasteiger partial charge < -0.3 is 19.9 Å². The molecule has 0 aliphatic carbocycles. The Morgan fingerprint density at radius 1 is 1.38 bits per heavy atom. The van der Waals surface area contributed by atoms with Gasteiger partial charge in [-0.15, -0.1) is 0 Å². The van der Waals surface area contributed by atoms with Gasteiger partial charge in [-0.1, -0.05) is 37.3 Å². The lowest BCUT2D eigenvalue weighted by atomic mass is 9.96. The minimum Gasteiger partial charge on any atom is -0.391 e. The summed E-state index contributed by atoms with van der Waals surface area (Å²) in [5.74, 6) is 1.07. The molecule has 2 heterocycles. The van der Waals surface area contributed by atoms with E-state index in [-0.39, 0.29) is 11.9 Å². The van der Waals surface area contributed by atoms with E-state index in [0.29, 0.717) is 19.6 Å². The van der Waals surface area contributed by atoms with E-state index in [2.05, 4.69) is 22.4 Å². The Labute approximate surface area is 142 Å². The average molecular weight is 328 g/mol. The molecule has 3 rings (SSSR count). The zero-order chi connectivity index (χ0) is 16.9. The first-order chi connectivity index (χ1) is 11.6. The van der Waals surface area contributed by atoms with Crippen LogP contribution in [0.3, 0.4) is 0 Å². The van der Waals surface area contributed by atoms with Crippen molar-refractivity contribution in [2.45, 2.75) is 32.5 Å². The molecule has 1 aliphatic rings. The van der Waals surface area contributed by atoms with Crippen LogP contribution in [-0.4, -0.2) is 44.8 Å². The third-order valence-electron chi connectivity index (χ3n) is 4.60. The molecule has 1 fully saturated rings. The number of carbonyl (C=O) groups excluding carboxylic acids is 1. The van der Waals surface area contributed by atoms with Gasteiger partial charge in [0, 0.05) is 32.0 Å². The molecule has 1 aromatic carbocycles. The summed E-state index contributed by atoms with van der Waals surface area (Å²) in [6.45, 7) is 4.20. The predicted molar refractivity (Wildman–Crippen MR) is 91.4 cm³/mol. The Morgan fingerprint density at radius 2 is 2.17 bits per heavy atom. The molecule has 2 unspecified atom stereocenters. The van der Waals surface area contributed by atoms with Crippen LogP contribution in [0.4, 0.5) is 4.79 Å². The summed E-state index contributed by atoms with van der Waals surface area (Å²) < 4.78 is 2.03. The smallest absolute Gasteiger partial charge is 0.317 e. The largest absolute Gasteiger partial charge is 0.391 e. The molecule has 2 amide bonds. The number of aliphatic hydroxyl groups is 1. The predicted octanol–water partition coefficient (Wildman–Crippen LogP) is 1.84. The number of aliphatic hydroxyl groups excluding tert-OH is 1. The summed E-state index contributed by atoms with van der Waals surface area (Å²) in [4.78, 5) is 18.3. The van der Waals surface area contributed by atoms with Gasteiger partial charge in [0.05, 0.1) is 12.6 Å². The Bertz CT molecular complexity index is 671. The van der Waals surface area contributed by atoms with Gasteiger partial charge in [-0.05, 0) is 17.9 Å². The number of hydrogen-bond acceptors (Lipinski definition) is 3. The quantitative estimate of drug-likeness (QED) is 0.900. The van der Waals surface area contributed by atoms with Crippen LogP contribution in [0.2, 0.25) is 0 Å². The van der Waals surface area contributed by atoms with Crippen molar-refractivity contribution >= 4 is 6.03 Å². The molecular weight excluding hydrogens is 304 g/mol. The van der Waals surface area contributed by atoms with E-state index < -0.39 is 6.10 Å². The molecule has 1 aliphatic heterocycles. The molecule has 2 aromatic rings. The maximum absolute atomic E-state index is 12.3. The molecular formula is C18H24N4O2. The summed E-state index contributed by atoms with van der Waals surface area (Å²) in [6.07, 6.45) is 4.05. The third kappa shape index (κ3) is 3.94. The second-order valence-electron chi connectivity index (χ2n) is 6.39. The van der Waals surface area contributed by atoms with Crippen molar-refractivity contribution in [1.82, 2.24) is 19.8 Å². The van der Waals surface area contributed by atoms with E-state index >= 15 is 0 Å². The van der Waals surface area contributed by atoms with Crippen LogP contribution in [0, 0.1) is 5.92 Å². The summed E-state index contributed by atoms with van der Waals surface area (Å²) in [5, 5.41) is 12.8. The number of imidazole rings is 1. The molecule has 0 bridgehead atoms. The zero-order valence-electron chi connectivity index (χ0n) is 13.9. The number of piperidine rings is 1. The number of carbonyl (C=O) groups is 1. The highest BCUT2D eigenvalue weighted by molar-refractivity contribution is 5.74. The Kier molecular flexibility index (Phi) is 5.15. The molecule has 1 saturated heterocycles. The zero-order valence-corrected chi connectivity index (χ0v) is 13.9. The van der Waals surface area contributed by atoms with Crippen molar-refractivity contribution in [2.24, 2.45) is 5.92 Å². The molecule has 0 spiro atoms. The van der Waals surface area contributed by atoms with Crippen LogP contribution in [-0.2, 0) is 13.1 Å². The number of benzene rings is 1. The second-order valence-corrected chi connectivity index (χ2v) is 6.39. The lowest BCUT2D eigenvalue weighted by Gasteiger charge is -2.34. The van der Waals surface area contributed by atoms with Crippen molar-refractivity contribution in [3.05, 3.63) is 54.1 Å². The topological polar surface area (TPSA) is 70.4 Å². The van der Waals surface area contributed by atoms with Gasteiger partial charge in [-0.3, -0.25) is 0 Å². The summed E-state index contributed by atoms with van der Waals surface area (Å²) in [5.41, 5.74) is 1.19. The van der Waals surface area contributed by atoms with Crippen molar-refractivity contribution in [3.8, 4) is 0 Å². The molecule has 6 nitrogen and oxygen atoms in total. The molecule has 6 heteroatoms. The highest BCUT2D eigenvalue weighted by atomic mass is 16.3. The average Bonchev–Trinajstić information content (AvgIpc) is 3.03. The van der Waals surface area contributed by atoms with Crippen LogP contribution in [0.1, 0.15) is 24.7 Å². The van der Waals surface area contributed by atoms with Gasteiger partial charge >= 0.3 is 6.03 Å². The van der Waals surface area contributed by atoms with E-state index in [1.54, 1.807) is 11.1 Å². The Morgan fingerprint density at radius 3 is 2.92 bits per heavy atom. The number of amides is 2. The van der Waals surface area contributed by atoms with Gasteiger partial charge in [0.25, 0.3) is 0 Å². The van der Waals surface area contributed by atoms with Crippen molar-refractivity contribution in [2.75, 3.05) is 13.1 Å². The SMILES string of the molecule is CC1CCN(C(=O)NCc2nccn2Cc2ccccc2)CC1O. The summed E-state index contributed by atoms with van der Waals surface area (Å²) in [6, 6.07) is 10.0. The number of rotatable bonds is 4. The van der Waals surface area contributed by atoms with Gasteiger partial charge in [0.1, 0.15) is 5.82 Å². The van der Waals surface area contributed by atoms with E-state index in [1.807, 2.05) is 35.9 Å². The highest BCUT2D eigenvalue weighted by Gasteiger charge is 2.27. The molecule has 2 N–H and O–H groups in total. The Balaban J connectivity index is 1.55. The van der Waals surface area contributed by atoms with Crippen molar-refractivity contribution in [3.63, 3.8) is 0 Å². The fourth-order valence-electron chi connectivity index (χ4n) is 2.93. The lowest BCUT2D eigenvalue weighted by Crippen LogP contribution is -2.49. The minimum atomic E-state index is -0.440. The number of nitrogens with one attached hydrogen (secondary N) is 1. The van der Waals surface area contributed by atoms with E-state index in [0.717, 1.165) is 18.8 Å². The minimum absolute atomic E-state index is 0.143. The molecule has 1 aromatic heterocycles. The maximum atomic E-state index is 12.3. The fraction of sp³-hybridized carbons (Fsp3) is 0.444. The molecule has 24 heavy (non-hydrogen) atoms. The van der Waals surface area contributed by atoms with Gasteiger partial charge in [0.2, 0.25) is 0 Å². The van der Waals surface area contributed by atoms with Crippen LogP contribution < -0.4 is 5.32 Å². The first-order valence-electron chi connectivity index (χ1n) is 8.38. The van der Waals surface area contributed by atoms with Gasteiger partial charge in [0.15, 0.2) is 0 Å². The number of likely N-dealkylation sites (tertiary alicyclic amines) is 1. The van der Waals surface area contributed by atoms with Crippen LogP contribution in [0.5, 0.6) is 0 Å². The maximum Gasteiger partial charge on any atom is 0.317 e. The van der Waals surface area contributed by atoms with E-state index in [4.69, 9.17) is 0 Å². The highest BCUT2D eigenvalue weighted by Crippen LogP contribution is 2.16. The first kappa shape index (κ1) is 16.5. The number of aromatic nitrogens is 2. The van der Waals surface area contributed by atoms with Crippen LogP contribution in [0.15, 0.2) is 42.7 Å². The number of nitrogens with zero attached hydrogens (tertiary/aromatic N) is 3. The lowest BCUT2D eigenvalue weighted by molar-refractivity contribution is 0.0435. The van der Waals surface area contributed by atoms with Crippen LogP contribution in [0.25, 0.3) is 0 Å². The number of hydrogen-bond donors (Lipinski definition) is 2. The molecule has 0 radical (unpaired) electrons. The fourth-order valence-corrected chi connectivity index (χ4v) is 2.93. The third-order valence-corrected chi connectivity index (χ3v) is 4.60. The van der Waals surface area contributed by atoms with Crippen molar-refractivity contribution < 1.29 is 9.90 Å². The van der Waals surface area contributed by atoms with Crippen molar-refractivity contribution in [1.29, 1.82) is 0 Å². The van der Waals surface area contributed by atoms with Gasteiger partial charge in [-0.2, -0.15) is 0 Å². The second kappa shape index (κ2) is 7.49. The molecule has 2 atom stereocenters. The standard InChI is InChI=1S/C18H24N4O2/c1-14-7-9-22(13-16(14)23)18(24)20-11-17-19-8-10-21(17)12-15-5-3-2-4-6-15/h2-6,8,10,14,16,23H,7,9,11-13H2,1H3,(H,20,24). The molecule has 0 saturated carbocycles. The first-order valence-corrected chi connectivity index (χ1v) is 8.38.